The van der Waals surface area contributed by atoms with Crippen molar-refractivity contribution in [2.45, 2.75) is 44.3 Å². The highest BCUT2D eigenvalue weighted by Crippen LogP contribution is 2.29. The molecule has 0 saturated heterocycles. The molecule has 0 aliphatic heterocycles. The summed E-state index contributed by atoms with van der Waals surface area (Å²) in [7, 11) is 0. The molecule has 0 atom stereocenters. The van der Waals surface area contributed by atoms with Crippen LogP contribution in [0.2, 0.25) is 0 Å². The van der Waals surface area contributed by atoms with E-state index in [0.717, 1.165) is 4.90 Å². The molecular formula is C18H22OS. The Morgan fingerprint density at radius 1 is 0.850 bits per heavy atom. The SMILES string of the molecule is CC(C)OC(C)(C)c1ccc(-c2ccc(S)cc2)cc1. The molecular weight excluding hydrogens is 264 g/mol. The molecule has 2 aromatic rings. The number of ether oxygens (including phenoxy) is 1. The maximum absolute atomic E-state index is 5.97. The van der Waals surface area contributed by atoms with Crippen LogP contribution in [0.3, 0.4) is 0 Å². The molecule has 1 nitrogen and oxygen atoms in total. The van der Waals surface area contributed by atoms with Crippen LogP contribution in [0.4, 0.5) is 0 Å². The van der Waals surface area contributed by atoms with Crippen molar-refractivity contribution in [2.24, 2.45) is 0 Å². The van der Waals surface area contributed by atoms with E-state index in [2.05, 4.69) is 76.7 Å². The molecule has 0 unspecified atom stereocenters. The van der Waals surface area contributed by atoms with Crippen LogP contribution in [0.15, 0.2) is 53.4 Å². The van der Waals surface area contributed by atoms with E-state index in [-0.39, 0.29) is 11.7 Å². The van der Waals surface area contributed by atoms with Crippen LogP contribution in [0.1, 0.15) is 33.3 Å². The molecule has 0 fully saturated rings. The third-order valence-electron chi connectivity index (χ3n) is 3.31. The zero-order valence-corrected chi connectivity index (χ0v) is 13.4. The molecule has 0 N–H and O–H groups in total. The monoisotopic (exact) mass is 286 g/mol. The lowest BCUT2D eigenvalue weighted by Gasteiger charge is -2.28. The minimum absolute atomic E-state index is 0.215. The lowest BCUT2D eigenvalue weighted by molar-refractivity contribution is -0.0600. The first-order valence-corrected chi connectivity index (χ1v) is 7.41. The van der Waals surface area contributed by atoms with Crippen molar-refractivity contribution < 1.29 is 4.74 Å². The maximum atomic E-state index is 5.97. The van der Waals surface area contributed by atoms with Crippen molar-refractivity contribution in [1.82, 2.24) is 0 Å². The first-order chi connectivity index (χ1) is 9.38. The summed E-state index contributed by atoms with van der Waals surface area (Å²) in [6.07, 6.45) is 0.215. The summed E-state index contributed by atoms with van der Waals surface area (Å²) >= 11 is 4.31. The van der Waals surface area contributed by atoms with E-state index in [1.54, 1.807) is 0 Å². The van der Waals surface area contributed by atoms with Crippen molar-refractivity contribution in [3.63, 3.8) is 0 Å². The normalized spacial score (nSPS) is 11.9. The smallest absolute Gasteiger partial charge is 0.0878 e. The quantitative estimate of drug-likeness (QED) is 0.750. The average molecular weight is 286 g/mol. The van der Waals surface area contributed by atoms with Crippen LogP contribution in [0, 0.1) is 0 Å². The van der Waals surface area contributed by atoms with Gasteiger partial charge >= 0.3 is 0 Å². The van der Waals surface area contributed by atoms with Gasteiger partial charge in [-0.15, -0.1) is 12.6 Å². The highest BCUT2D eigenvalue weighted by Gasteiger charge is 2.22. The van der Waals surface area contributed by atoms with E-state index in [9.17, 15) is 0 Å². The summed E-state index contributed by atoms with van der Waals surface area (Å²) in [4.78, 5) is 0.983. The van der Waals surface area contributed by atoms with Crippen LogP contribution in [0.5, 0.6) is 0 Å². The summed E-state index contributed by atoms with van der Waals surface area (Å²) in [5.74, 6) is 0. The Morgan fingerprint density at radius 2 is 1.30 bits per heavy atom. The third-order valence-corrected chi connectivity index (χ3v) is 3.61. The zero-order chi connectivity index (χ0) is 14.8. The minimum atomic E-state index is -0.262. The summed E-state index contributed by atoms with van der Waals surface area (Å²) in [6, 6.07) is 16.8. The average Bonchev–Trinajstić information content (AvgIpc) is 2.38. The molecule has 2 aromatic carbocycles. The molecule has 2 heteroatoms. The molecule has 0 aliphatic carbocycles. The standard InChI is InChI=1S/C18H22OS/c1-13(2)19-18(3,4)16-9-5-14(6-10-16)15-7-11-17(20)12-8-15/h5-13,20H,1-4H3. The Hall–Kier alpha value is -1.25. The van der Waals surface area contributed by atoms with Crippen molar-refractivity contribution in [1.29, 1.82) is 0 Å². The van der Waals surface area contributed by atoms with Crippen molar-refractivity contribution >= 4 is 12.6 Å². The minimum Gasteiger partial charge on any atom is -0.368 e. The Kier molecular flexibility index (Phi) is 4.56. The van der Waals surface area contributed by atoms with Crippen LogP contribution in [-0.2, 0) is 10.3 Å². The highest BCUT2D eigenvalue weighted by atomic mass is 32.1. The van der Waals surface area contributed by atoms with Crippen LogP contribution in [0.25, 0.3) is 11.1 Å². The van der Waals surface area contributed by atoms with Gasteiger partial charge in [0.05, 0.1) is 11.7 Å². The van der Waals surface area contributed by atoms with Crippen LogP contribution >= 0.6 is 12.6 Å². The molecule has 106 valence electrons. The lowest BCUT2D eigenvalue weighted by Crippen LogP contribution is -2.25. The molecule has 0 amide bonds. The van der Waals surface area contributed by atoms with Gasteiger partial charge in [0.1, 0.15) is 0 Å². The lowest BCUT2D eigenvalue weighted by atomic mass is 9.95. The van der Waals surface area contributed by atoms with Gasteiger partial charge in [-0.2, -0.15) is 0 Å². The van der Waals surface area contributed by atoms with Gasteiger partial charge in [-0.25, -0.2) is 0 Å². The number of rotatable bonds is 4. The Labute approximate surface area is 127 Å². The fourth-order valence-electron chi connectivity index (χ4n) is 2.38. The predicted molar refractivity (Wildman–Crippen MR) is 88.4 cm³/mol. The maximum Gasteiger partial charge on any atom is 0.0878 e. The molecule has 0 spiro atoms. The van der Waals surface area contributed by atoms with Crippen LogP contribution in [-0.4, -0.2) is 6.10 Å². The van der Waals surface area contributed by atoms with E-state index in [0.29, 0.717) is 0 Å². The summed E-state index contributed by atoms with van der Waals surface area (Å²) in [5.41, 5.74) is 3.35. The van der Waals surface area contributed by atoms with Gasteiger partial charge < -0.3 is 4.74 Å². The molecule has 0 saturated carbocycles. The number of hydrogen-bond donors (Lipinski definition) is 1. The van der Waals surface area contributed by atoms with Crippen molar-refractivity contribution in [3.8, 4) is 11.1 Å². The Morgan fingerprint density at radius 3 is 1.75 bits per heavy atom. The highest BCUT2D eigenvalue weighted by molar-refractivity contribution is 7.80. The van der Waals surface area contributed by atoms with E-state index in [1.165, 1.54) is 16.7 Å². The van der Waals surface area contributed by atoms with E-state index < -0.39 is 0 Å². The van der Waals surface area contributed by atoms with Crippen molar-refractivity contribution in [3.05, 3.63) is 54.1 Å². The van der Waals surface area contributed by atoms with E-state index in [1.807, 2.05) is 12.1 Å². The van der Waals surface area contributed by atoms with Crippen LogP contribution < -0.4 is 0 Å². The molecule has 0 aliphatic rings. The van der Waals surface area contributed by atoms with Gasteiger partial charge in [-0.1, -0.05) is 36.4 Å². The van der Waals surface area contributed by atoms with Gasteiger partial charge in [0.25, 0.3) is 0 Å². The molecule has 20 heavy (non-hydrogen) atoms. The van der Waals surface area contributed by atoms with Crippen molar-refractivity contribution in [2.75, 3.05) is 0 Å². The van der Waals surface area contributed by atoms with Gasteiger partial charge in [-0.3, -0.25) is 0 Å². The van der Waals surface area contributed by atoms with Gasteiger partial charge in [0, 0.05) is 4.90 Å². The predicted octanol–water partition coefficient (Wildman–Crippen LogP) is 5.30. The second-order valence-corrected chi connectivity index (χ2v) is 6.32. The first-order valence-electron chi connectivity index (χ1n) is 6.96. The fourth-order valence-corrected chi connectivity index (χ4v) is 2.52. The van der Waals surface area contributed by atoms with E-state index in [4.69, 9.17) is 4.74 Å². The number of benzene rings is 2. The summed E-state index contributed by atoms with van der Waals surface area (Å²) < 4.78 is 5.97. The number of thiol groups is 1. The molecule has 2 rings (SSSR count). The summed E-state index contributed by atoms with van der Waals surface area (Å²) in [5, 5.41) is 0. The zero-order valence-electron chi connectivity index (χ0n) is 12.6. The van der Waals surface area contributed by atoms with Gasteiger partial charge in [0.2, 0.25) is 0 Å². The van der Waals surface area contributed by atoms with Gasteiger partial charge in [0.15, 0.2) is 0 Å². The first kappa shape index (κ1) is 15.1. The fraction of sp³-hybridized carbons (Fsp3) is 0.333. The number of hydrogen-bond acceptors (Lipinski definition) is 2. The Bertz CT molecular complexity index is 553. The largest absolute Gasteiger partial charge is 0.368 e. The van der Waals surface area contributed by atoms with E-state index >= 15 is 0 Å². The second kappa shape index (κ2) is 6.02. The molecule has 0 aromatic heterocycles. The summed E-state index contributed by atoms with van der Waals surface area (Å²) in [6.45, 7) is 8.35. The second-order valence-electron chi connectivity index (χ2n) is 5.80. The topological polar surface area (TPSA) is 9.23 Å². The molecule has 0 radical (unpaired) electrons. The molecule has 0 bridgehead atoms. The molecule has 0 heterocycles. The Balaban J connectivity index is 2.24. The van der Waals surface area contributed by atoms with Gasteiger partial charge in [-0.05, 0) is 56.5 Å². The third kappa shape index (κ3) is 3.65.